The number of nitrogens with one attached hydrogen (secondary N) is 1. The fourth-order valence-electron chi connectivity index (χ4n) is 2.40. The molecule has 20 heavy (non-hydrogen) atoms. The van der Waals surface area contributed by atoms with E-state index in [1.54, 1.807) is 0 Å². The standard InChI is InChI=1S/C13H15N3O3S/c1-8-6-20-10-9(8)14-7-15-11(10)16-13(12(17)18)2-4-19-5-3-13/h6-7H,2-5H2,1H3,(H,17,18)(H,14,15,16). The van der Waals surface area contributed by atoms with E-state index in [-0.39, 0.29) is 0 Å². The smallest absolute Gasteiger partial charge is 0.329 e. The molecule has 0 unspecified atom stereocenters. The number of ether oxygens (including phenoxy) is 1. The zero-order valence-electron chi connectivity index (χ0n) is 11.0. The lowest BCUT2D eigenvalue weighted by Crippen LogP contribution is -2.50. The number of carbonyl (C=O) groups is 1. The minimum absolute atomic E-state index is 0.429. The molecule has 1 saturated heterocycles. The third-order valence-electron chi connectivity index (χ3n) is 3.64. The maximum Gasteiger partial charge on any atom is 0.329 e. The molecule has 3 rings (SSSR count). The summed E-state index contributed by atoms with van der Waals surface area (Å²) in [6, 6.07) is 0. The number of thiophene rings is 1. The number of aryl methyl sites for hydroxylation is 1. The fourth-order valence-corrected chi connectivity index (χ4v) is 3.34. The second-order valence-corrected chi connectivity index (χ2v) is 5.82. The molecule has 2 N–H and O–H groups in total. The van der Waals surface area contributed by atoms with Gasteiger partial charge >= 0.3 is 5.97 Å². The van der Waals surface area contributed by atoms with Crippen molar-refractivity contribution in [3.05, 3.63) is 17.3 Å². The van der Waals surface area contributed by atoms with Gasteiger partial charge in [-0.05, 0) is 17.9 Å². The van der Waals surface area contributed by atoms with Crippen LogP contribution in [0.1, 0.15) is 18.4 Å². The Bertz CT molecular complexity index is 649. The third-order valence-corrected chi connectivity index (χ3v) is 4.74. The lowest BCUT2D eigenvalue weighted by atomic mass is 9.90. The van der Waals surface area contributed by atoms with Gasteiger partial charge in [-0.2, -0.15) is 0 Å². The predicted octanol–water partition coefficient (Wildman–Crippen LogP) is 2.05. The van der Waals surface area contributed by atoms with Gasteiger partial charge in [-0.25, -0.2) is 14.8 Å². The van der Waals surface area contributed by atoms with Crippen LogP contribution in [0, 0.1) is 6.92 Å². The van der Waals surface area contributed by atoms with Crippen LogP contribution >= 0.6 is 11.3 Å². The Kier molecular flexibility index (Phi) is 3.31. The monoisotopic (exact) mass is 293 g/mol. The van der Waals surface area contributed by atoms with Gasteiger partial charge in [0.1, 0.15) is 17.7 Å². The largest absolute Gasteiger partial charge is 0.480 e. The third kappa shape index (κ3) is 2.12. The molecule has 6 nitrogen and oxygen atoms in total. The SMILES string of the molecule is Cc1csc2c(NC3(C(=O)O)CCOCC3)ncnc12. The van der Waals surface area contributed by atoms with Gasteiger partial charge in [0.25, 0.3) is 0 Å². The lowest BCUT2D eigenvalue weighted by Gasteiger charge is -2.34. The summed E-state index contributed by atoms with van der Waals surface area (Å²) in [5.41, 5.74) is 0.948. The normalized spacial score (nSPS) is 18.1. The van der Waals surface area contributed by atoms with E-state index >= 15 is 0 Å². The van der Waals surface area contributed by atoms with Crippen molar-refractivity contribution >= 4 is 33.3 Å². The molecule has 106 valence electrons. The minimum atomic E-state index is -1.00. The van der Waals surface area contributed by atoms with Crippen molar-refractivity contribution in [2.75, 3.05) is 18.5 Å². The number of aromatic nitrogens is 2. The summed E-state index contributed by atoms with van der Waals surface area (Å²) in [6.45, 7) is 2.87. The molecule has 2 aromatic heterocycles. The molecule has 1 aliphatic rings. The van der Waals surface area contributed by atoms with Gasteiger partial charge in [-0.3, -0.25) is 0 Å². The van der Waals surface area contributed by atoms with Crippen LogP contribution < -0.4 is 5.32 Å². The van der Waals surface area contributed by atoms with Crippen LogP contribution in [-0.2, 0) is 9.53 Å². The second kappa shape index (κ2) is 4.99. The lowest BCUT2D eigenvalue weighted by molar-refractivity contribution is -0.145. The maximum atomic E-state index is 11.7. The molecular weight excluding hydrogens is 278 g/mol. The van der Waals surface area contributed by atoms with E-state index in [1.165, 1.54) is 17.7 Å². The van der Waals surface area contributed by atoms with Gasteiger partial charge in [0.2, 0.25) is 0 Å². The van der Waals surface area contributed by atoms with Crippen molar-refractivity contribution in [3.8, 4) is 0 Å². The van der Waals surface area contributed by atoms with Crippen molar-refractivity contribution in [1.82, 2.24) is 9.97 Å². The molecular formula is C13H15N3O3S. The van der Waals surface area contributed by atoms with Gasteiger partial charge in [-0.1, -0.05) is 0 Å². The molecule has 0 saturated carbocycles. The summed E-state index contributed by atoms with van der Waals surface area (Å²) in [5.74, 6) is -0.266. The molecule has 0 radical (unpaired) electrons. The Hall–Kier alpha value is -1.73. The summed E-state index contributed by atoms with van der Waals surface area (Å²) < 4.78 is 6.17. The summed E-state index contributed by atoms with van der Waals surface area (Å²) in [6.07, 6.45) is 2.33. The summed E-state index contributed by atoms with van der Waals surface area (Å²) >= 11 is 1.53. The zero-order valence-corrected chi connectivity index (χ0v) is 11.9. The Labute approximate surface area is 119 Å². The van der Waals surface area contributed by atoms with E-state index in [0.717, 1.165) is 15.8 Å². The van der Waals surface area contributed by atoms with E-state index in [4.69, 9.17) is 4.74 Å². The van der Waals surface area contributed by atoms with Crippen LogP contribution in [0.3, 0.4) is 0 Å². The molecule has 0 aliphatic carbocycles. The first-order valence-corrected chi connectivity index (χ1v) is 7.28. The van der Waals surface area contributed by atoms with Crippen molar-refractivity contribution in [2.24, 2.45) is 0 Å². The van der Waals surface area contributed by atoms with Gasteiger partial charge in [0.15, 0.2) is 0 Å². The Morgan fingerprint density at radius 2 is 2.20 bits per heavy atom. The van der Waals surface area contributed by atoms with E-state index < -0.39 is 11.5 Å². The van der Waals surface area contributed by atoms with E-state index in [2.05, 4.69) is 15.3 Å². The topological polar surface area (TPSA) is 84.3 Å². The van der Waals surface area contributed by atoms with Crippen LogP contribution in [0.2, 0.25) is 0 Å². The molecule has 2 aromatic rings. The molecule has 0 spiro atoms. The number of hydrogen-bond donors (Lipinski definition) is 2. The van der Waals surface area contributed by atoms with Gasteiger partial charge < -0.3 is 15.2 Å². The minimum Gasteiger partial charge on any atom is -0.480 e. The first-order valence-electron chi connectivity index (χ1n) is 6.40. The Morgan fingerprint density at radius 1 is 1.45 bits per heavy atom. The molecule has 0 aromatic carbocycles. The number of carboxylic acid groups (broad SMARTS) is 1. The molecule has 3 heterocycles. The van der Waals surface area contributed by atoms with Crippen LogP contribution in [0.25, 0.3) is 10.2 Å². The van der Waals surface area contributed by atoms with Gasteiger partial charge in [0, 0.05) is 26.1 Å². The second-order valence-electron chi connectivity index (χ2n) is 4.94. The van der Waals surface area contributed by atoms with E-state index in [0.29, 0.717) is 31.9 Å². The fraction of sp³-hybridized carbons (Fsp3) is 0.462. The quantitative estimate of drug-likeness (QED) is 0.901. The molecule has 1 fully saturated rings. The Morgan fingerprint density at radius 3 is 2.90 bits per heavy atom. The van der Waals surface area contributed by atoms with E-state index in [9.17, 15) is 9.90 Å². The molecule has 0 amide bonds. The van der Waals surface area contributed by atoms with Crippen LogP contribution in [0.4, 0.5) is 5.82 Å². The highest BCUT2D eigenvalue weighted by atomic mass is 32.1. The number of anilines is 1. The number of fused-ring (bicyclic) bond motifs is 1. The summed E-state index contributed by atoms with van der Waals surface area (Å²) in [7, 11) is 0. The van der Waals surface area contributed by atoms with Crippen LogP contribution in [0.5, 0.6) is 0 Å². The highest BCUT2D eigenvalue weighted by molar-refractivity contribution is 7.18. The van der Waals surface area contributed by atoms with Crippen molar-refractivity contribution in [2.45, 2.75) is 25.3 Å². The van der Waals surface area contributed by atoms with E-state index in [1.807, 2.05) is 12.3 Å². The number of aliphatic carboxylic acids is 1. The number of carboxylic acids is 1. The molecule has 0 bridgehead atoms. The molecule has 0 atom stereocenters. The maximum absolute atomic E-state index is 11.7. The van der Waals surface area contributed by atoms with Gasteiger partial charge in [0.05, 0.1) is 10.2 Å². The number of rotatable bonds is 3. The zero-order chi connectivity index (χ0) is 14.2. The number of hydrogen-bond acceptors (Lipinski definition) is 6. The van der Waals surface area contributed by atoms with Gasteiger partial charge in [-0.15, -0.1) is 11.3 Å². The first-order chi connectivity index (χ1) is 9.62. The van der Waals surface area contributed by atoms with Crippen LogP contribution in [0.15, 0.2) is 11.7 Å². The summed E-state index contributed by atoms with van der Waals surface area (Å²) in [5, 5.41) is 14.7. The Balaban J connectivity index is 2.00. The molecule has 1 aliphatic heterocycles. The highest BCUT2D eigenvalue weighted by Crippen LogP contribution is 2.32. The predicted molar refractivity (Wildman–Crippen MR) is 76.2 cm³/mol. The van der Waals surface area contributed by atoms with Crippen molar-refractivity contribution in [1.29, 1.82) is 0 Å². The molecule has 7 heteroatoms. The average molecular weight is 293 g/mol. The first kappa shape index (κ1) is 13.3. The average Bonchev–Trinajstić information content (AvgIpc) is 2.83. The highest BCUT2D eigenvalue weighted by Gasteiger charge is 2.41. The van der Waals surface area contributed by atoms with Crippen molar-refractivity contribution < 1.29 is 14.6 Å². The number of nitrogens with zero attached hydrogens (tertiary/aromatic N) is 2. The van der Waals surface area contributed by atoms with Crippen molar-refractivity contribution in [3.63, 3.8) is 0 Å². The summed E-state index contributed by atoms with van der Waals surface area (Å²) in [4.78, 5) is 20.1. The van der Waals surface area contributed by atoms with Crippen LogP contribution in [-0.4, -0.2) is 39.8 Å².